The minimum Gasteiger partial charge on any atom is -0.462 e. The normalized spacial score (nSPS) is 24.7. The van der Waals surface area contributed by atoms with Crippen LogP contribution in [0.2, 0.25) is 0 Å². The van der Waals surface area contributed by atoms with Crippen molar-refractivity contribution in [1.82, 2.24) is 10.3 Å². The lowest BCUT2D eigenvalue weighted by molar-refractivity contribution is -0.130. The Kier molecular flexibility index (Phi) is 5.62. The van der Waals surface area contributed by atoms with Gasteiger partial charge in [-0.25, -0.2) is 9.69 Å². The van der Waals surface area contributed by atoms with E-state index in [9.17, 15) is 19.2 Å². The number of esters is 1. The Balaban J connectivity index is 1.33. The molecule has 1 aromatic heterocycles. The molecular formula is C32H28N4O5. The maximum absolute atomic E-state index is 14.3. The molecule has 3 aliphatic rings. The first kappa shape index (κ1) is 25.2. The van der Waals surface area contributed by atoms with Gasteiger partial charge >= 0.3 is 5.97 Å². The van der Waals surface area contributed by atoms with E-state index in [1.807, 2.05) is 55.6 Å². The Morgan fingerprint density at radius 2 is 1.78 bits per heavy atom. The Bertz CT molecular complexity index is 1760. The van der Waals surface area contributed by atoms with Crippen molar-refractivity contribution in [3.8, 4) is 0 Å². The molecule has 0 radical (unpaired) electrons. The summed E-state index contributed by atoms with van der Waals surface area (Å²) in [4.78, 5) is 58.9. The molecule has 4 unspecified atom stereocenters. The highest BCUT2D eigenvalue weighted by Crippen LogP contribution is 2.54. The number of aryl methyl sites for hydroxylation is 1. The summed E-state index contributed by atoms with van der Waals surface area (Å²) in [7, 11) is 0. The van der Waals surface area contributed by atoms with Crippen LogP contribution in [0.4, 0.5) is 11.4 Å². The first-order valence-electron chi connectivity index (χ1n) is 13.7. The largest absolute Gasteiger partial charge is 0.462 e. The number of ether oxygens (including phenoxy) is 1. The predicted octanol–water partition coefficient (Wildman–Crippen LogP) is 3.82. The lowest BCUT2D eigenvalue weighted by atomic mass is 9.76. The Morgan fingerprint density at radius 1 is 1.00 bits per heavy atom. The number of H-pyrrole nitrogens is 1. The molecule has 7 rings (SSSR count). The molecule has 41 heavy (non-hydrogen) atoms. The topological polar surface area (TPSA) is 121 Å². The number of aromatic amines is 1. The Labute approximate surface area is 235 Å². The van der Waals surface area contributed by atoms with Gasteiger partial charge in [0.15, 0.2) is 0 Å². The van der Waals surface area contributed by atoms with E-state index in [-0.39, 0.29) is 18.4 Å². The summed E-state index contributed by atoms with van der Waals surface area (Å²) in [6.07, 6.45) is 2.36. The number of hydrogen-bond acceptors (Lipinski definition) is 6. The molecule has 4 heterocycles. The second-order valence-electron chi connectivity index (χ2n) is 10.9. The van der Waals surface area contributed by atoms with Gasteiger partial charge in [0.25, 0.3) is 0 Å². The maximum Gasteiger partial charge on any atom is 0.338 e. The molecule has 3 N–H and O–H groups in total. The summed E-state index contributed by atoms with van der Waals surface area (Å²) < 4.78 is 5.07. The van der Waals surface area contributed by atoms with E-state index in [0.717, 1.165) is 22.0 Å². The van der Waals surface area contributed by atoms with Crippen molar-refractivity contribution < 1.29 is 23.9 Å². The summed E-state index contributed by atoms with van der Waals surface area (Å²) in [5, 5.41) is 7.51. The summed E-state index contributed by atoms with van der Waals surface area (Å²) in [5.74, 6) is -3.35. The van der Waals surface area contributed by atoms with Gasteiger partial charge in [0.2, 0.25) is 17.7 Å². The van der Waals surface area contributed by atoms with Crippen molar-refractivity contribution in [2.45, 2.75) is 31.8 Å². The number of nitrogens with zero attached hydrogens (tertiary/aromatic N) is 1. The van der Waals surface area contributed by atoms with Crippen LogP contribution in [0.5, 0.6) is 0 Å². The molecule has 2 fully saturated rings. The molecule has 0 saturated carbocycles. The zero-order valence-corrected chi connectivity index (χ0v) is 22.6. The third-order valence-electron chi connectivity index (χ3n) is 8.62. The smallest absolute Gasteiger partial charge is 0.338 e. The van der Waals surface area contributed by atoms with Gasteiger partial charge in [0.05, 0.1) is 29.7 Å². The van der Waals surface area contributed by atoms with Gasteiger partial charge in [-0.1, -0.05) is 35.9 Å². The zero-order valence-electron chi connectivity index (χ0n) is 22.6. The monoisotopic (exact) mass is 548 g/mol. The first-order chi connectivity index (χ1) is 19.8. The molecule has 3 aromatic carbocycles. The van der Waals surface area contributed by atoms with Crippen LogP contribution >= 0.6 is 0 Å². The maximum atomic E-state index is 14.3. The first-order valence-corrected chi connectivity index (χ1v) is 13.7. The van der Waals surface area contributed by atoms with Gasteiger partial charge in [0, 0.05) is 34.4 Å². The number of aromatic nitrogens is 1. The average molecular weight is 549 g/mol. The summed E-state index contributed by atoms with van der Waals surface area (Å²) in [6.45, 7) is 3.90. The number of amides is 3. The lowest BCUT2D eigenvalue weighted by Gasteiger charge is -2.29. The molecule has 9 heteroatoms. The van der Waals surface area contributed by atoms with Crippen LogP contribution in [0.3, 0.4) is 0 Å². The van der Waals surface area contributed by atoms with Crippen molar-refractivity contribution in [2.75, 3.05) is 16.8 Å². The highest BCUT2D eigenvalue weighted by molar-refractivity contribution is 6.26. The van der Waals surface area contributed by atoms with E-state index in [0.29, 0.717) is 28.9 Å². The van der Waals surface area contributed by atoms with Crippen LogP contribution in [0, 0.1) is 18.8 Å². The fourth-order valence-corrected chi connectivity index (χ4v) is 6.84. The van der Waals surface area contributed by atoms with Crippen LogP contribution in [0.25, 0.3) is 10.9 Å². The van der Waals surface area contributed by atoms with E-state index < -0.39 is 35.3 Å². The minimum atomic E-state index is -1.39. The number of hydrogen-bond donors (Lipinski definition) is 3. The van der Waals surface area contributed by atoms with E-state index in [4.69, 9.17) is 4.74 Å². The predicted molar refractivity (Wildman–Crippen MR) is 152 cm³/mol. The third kappa shape index (κ3) is 3.58. The second-order valence-corrected chi connectivity index (χ2v) is 10.9. The fourth-order valence-electron chi connectivity index (χ4n) is 6.84. The molecule has 3 amide bonds. The Hall–Kier alpha value is -4.76. The number of fused-ring (bicyclic) bond motifs is 5. The molecule has 4 aromatic rings. The third-order valence-corrected chi connectivity index (χ3v) is 8.62. The van der Waals surface area contributed by atoms with Crippen LogP contribution < -0.4 is 15.5 Å². The average Bonchev–Trinajstić information content (AvgIpc) is 3.68. The second kappa shape index (κ2) is 9.14. The number of carbonyl (C=O) groups is 4. The van der Waals surface area contributed by atoms with Crippen molar-refractivity contribution in [3.63, 3.8) is 0 Å². The molecule has 0 bridgehead atoms. The van der Waals surface area contributed by atoms with Crippen LogP contribution in [-0.2, 0) is 31.1 Å². The number of imide groups is 1. The van der Waals surface area contributed by atoms with E-state index in [1.54, 1.807) is 31.2 Å². The number of rotatable bonds is 5. The fraction of sp³-hybridized carbons (Fsp3) is 0.250. The highest BCUT2D eigenvalue weighted by Gasteiger charge is 2.70. The molecule has 4 atom stereocenters. The lowest BCUT2D eigenvalue weighted by Crippen LogP contribution is -2.53. The summed E-state index contributed by atoms with van der Waals surface area (Å²) in [5.41, 5.74) is 3.52. The molecule has 3 aliphatic heterocycles. The van der Waals surface area contributed by atoms with Gasteiger partial charge in [-0.2, -0.15) is 0 Å². The SMILES string of the molecule is CCOC(=O)c1ccc(N2C(=O)C3C(Cc4c[nH]c5ccccc45)NC4(C(=O)Nc5ccc(C)cc54)C3C2=O)cc1. The van der Waals surface area contributed by atoms with Crippen LogP contribution in [-0.4, -0.2) is 41.3 Å². The van der Waals surface area contributed by atoms with E-state index in [1.165, 1.54) is 4.90 Å². The zero-order chi connectivity index (χ0) is 28.5. The quantitative estimate of drug-likeness (QED) is 0.258. The van der Waals surface area contributed by atoms with E-state index >= 15 is 0 Å². The van der Waals surface area contributed by atoms with Crippen molar-refractivity contribution >= 4 is 46.0 Å². The van der Waals surface area contributed by atoms with Gasteiger partial charge in [-0.05, 0) is 62.2 Å². The van der Waals surface area contributed by atoms with Gasteiger partial charge in [0.1, 0.15) is 5.54 Å². The summed E-state index contributed by atoms with van der Waals surface area (Å²) >= 11 is 0. The van der Waals surface area contributed by atoms with Crippen LogP contribution in [0.15, 0.2) is 72.9 Å². The number of carbonyl (C=O) groups excluding carboxylic acids is 4. The van der Waals surface area contributed by atoms with Gasteiger partial charge in [-0.3, -0.25) is 19.7 Å². The summed E-state index contributed by atoms with van der Waals surface area (Å²) in [6, 6.07) is 19.3. The Morgan fingerprint density at radius 3 is 2.56 bits per heavy atom. The van der Waals surface area contributed by atoms with Gasteiger partial charge < -0.3 is 15.0 Å². The number of nitrogens with one attached hydrogen (secondary N) is 3. The number of benzene rings is 3. The van der Waals surface area contributed by atoms with Crippen molar-refractivity contribution in [3.05, 3.63) is 95.2 Å². The van der Waals surface area contributed by atoms with Crippen molar-refractivity contribution in [2.24, 2.45) is 11.8 Å². The van der Waals surface area contributed by atoms with Crippen molar-refractivity contribution in [1.29, 1.82) is 0 Å². The molecule has 9 nitrogen and oxygen atoms in total. The molecular weight excluding hydrogens is 520 g/mol. The molecule has 1 spiro atoms. The highest BCUT2D eigenvalue weighted by atomic mass is 16.5. The number of para-hydroxylation sites is 1. The molecule has 0 aliphatic carbocycles. The van der Waals surface area contributed by atoms with Gasteiger partial charge in [-0.15, -0.1) is 0 Å². The van der Waals surface area contributed by atoms with E-state index in [2.05, 4.69) is 15.6 Å². The molecule has 206 valence electrons. The minimum absolute atomic E-state index is 0.239. The standard InChI is InChI=1S/C32H28N4O5/c1-3-41-30(39)18-9-11-20(12-10-18)36-28(37)26-25(15-19-16-33-23-7-5-4-6-21(19)23)35-32(27(26)29(36)38)22-14-17(2)8-13-24(22)34-31(32)40/h4-14,16,25-27,33,35H,3,15H2,1-2H3,(H,34,40). The number of anilines is 2. The molecule has 2 saturated heterocycles. The van der Waals surface area contributed by atoms with Crippen LogP contribution in [0.1, 0.15) is 34.0 Å².